The van der Waals surface area contributed by atoms with Gasteiger partial charge in [0.25, 0.3) is 5.91 Å². The monoisotopic (exact) mass is 329 g/mol. The van der Waals surface area contributed by atoms with Crippen molar-refractivity contribution in [1.82, 2.24) is 5.32 Å². The summed E-state index contributed by atoms with van der Waals surface area (Å²) in [5, 5.41) is 14.5. The summed E-state index contributed by atoms with van der Waals surface area (Å²) in [7, 11) is 0. The van der Waals surface area contributed by atoms with Crippen LogP contribution in [0.2, 0.25) is 0 Å². The molecule has 1 atom stereocenters. The van der Waals surface area contributed by atoms with Gasteiger partial charge in [-0.1, -0.05) is 0 Å². The molecule has 0 saturated carbocycles. The van der Waals surface area contributed by atoms with Crippen LogP contribution in [0.5, 0.6) is 0 Å². The SMILES string of the molecule is Cc1ccsc1C(O)CNC(=O)c1ccc(Br)o1. The molecule has 0 spiro atoms. The van der Waals surface area contributed by atoms with Crippen LogP contribution in [0.15, 0.2) is 32.7 Å². The van der Waals surface area contributed by atoms with E-state index in [1.165, 1.54) is 11.3 Å². The van der Waals surface area contributed by atoms with Crippen LogP contribution in [-0.2, 0) is 0 Å². The predicted molar refractivity (Wildman–Crippen MR) is 72.8 cm³/mol. The van der Waals surface area contributed by atoms with E-state index in [-0.39, 0.29) is 18.2 Å². The number of rotatable bonds is 4. The highest BCUT2D eigenvalue weighted by Gasteiger charge is 2.15. The highest BCUT2D eigenvalue weighted by molar-refractivity contribution is 9.10. The lowest BCUT2D eigenvalue weighted by molar-refractivity contribution is 0.0889. The molecule has 96 valence electrons. The van der Waals surface area contributed by atoms with Gasteiger partial charge in [-0.3, -0.25) is 4.79 Å². The second kappa shape index (κ2) is 5.69. The highest BCUT2D eigenvalue weighted by Crippen LogP contribution is 2.23. The van der Waals surface area contributed by atoms with Gasteiger partial charge in [0.1, 0.15) is 6.10 Å². The van der Waals surface area contributed by atoms with E-state index in [2.05, 4.69) is 21.2 Å². The molecule has 2 heterocycles. The molecular weight excluding hydrogens is 318 g/mol. The Hall–Kier alpha value is -1.11. The number of halogens is 1. The minimum atomic E-state index is -0.688. The molecule has 18 heavy (non-hydrogen) atoms. The van der Waals surface area contributed by atoms with E-state index in [4.69, 9.17) is 4.42 Å². The highest BCUT2D eigenvalue weighted by atomic mass is 79.9. The molecule has 0 aliphatic rings. The lowest BCUT2D eigenvalue weighted by Gasteiger charge is -2.10. The molecule has 1 unspecified atom stereocenters. The number of hydrogen-bond donors (Lipinski definition) is 2. The van der Waals surface area contributed by atoms with Crippen molar-refractivity contribution in [3.8, 4) is 0 Å². The number of nitrogens with one attached hydrogen (secondary N) is 1. The third-order valence-electron chi connectivity index (χ3n) is 2.46. The molecule has 0 fully saturated rings. The van der Waals surface area contributed by atoms with Crippen LogP contribution in [0.4, 0.5) is 0 Å². The molecule has 2 rings (SSSR count). The fraction of sp³-hybridized carbons (Fsp3) is 0.250. The number of aliphatic hydroxyl groups is 1. The molecule has 4 nitrogen and oxygen atoms in total. The number of amides is 1. The largest absolute Gasteiger partial charge is 0.444 e. The number of carbonyl (C=O) groups is 1. The average molecular weight is 330 g/mol. The predicted octanol–water partition coefficient (Wildman–Crippen LogP) is 2.88. The smallest absolute Gasteiger partial charge is 0.287 e. The van der Waals surface area contributed by atoms with Crippen molar-refractivity contribution in [1.29, 1.82) is 0 Å². The Labute approximate surface area is 117 Å². The standard InChI is InChI=1S/C12H12BrNO3S/c1-7-4-5-18-11(7)8(15)6-14-12(16)9-2-3-10(13)17-9/h2-5,8,15H,6H2,1H3,(H,14,16). The number of aryl methyl sites for hydroxylation is 1. The van der Waals surface area contributed by atoms with Crippen molar-refractivity contribution in [3.63, 3.8) is 0 Å². The maximum Gasteiger partial charge on any atom is 0.287 e. The van der Waals surface area contributed by atoms with E-state index in [0.29, 0.717) is 4.67 Å². The first-order valence-electron chi connectivity index (χ1n) is 5.33. The molecule has 2 aromatic heterocycles. The van der Waals surface area contributed by atoms with Crippen molar-refractivity contribution < 1.29 is 14.3 Å². The van der Waals surface area contributed by atoms with Gasteiger partial charge in [-0.15, -0.1) is 11.3 Å². The van der Waals surface area contributed by atoms with Gasteiger partial charge in [-0.25, -0.2) is 0 Å². The third kappa shape index (κ3) is 3.01. The Morgan fingerprint density at radius 1 is 1.56 bits per heavy atom. The molecule has 0 aliphatic heterocycles. The fourth-order valence-electron chi connectivity index (χ4n) is 1.53. The number of aliphatic hydroxyl groups excluding tert-OH is 1. The van der Waals surface area contributed by atoms with Crippen LogP contribution in [-0.4, -0.2) is 17.6 Å². The second-order valence-electron chi connectivity index (χ2n) is 3.80. The molecule has 0 saturated heterocycles. The quantitative estimate of drug-likeness (QED) is 0.906. The molecule has 1 amide bonds. The van der Waals surface area contributed by atoms with Crippen LogP contribution < -0.4 is 5.32 Å². The summed E-state index contributed by atoms with van der Waals surface area (Å²) in [5.41, 5.74) is 1.03. The normalized spacial score (nSPS) is 12.4. The Morgan fingerprint density at radius 2 is 2.33 bits per heavy atom. The Balaban J connectivity index is 1.92. The number of carbonyl (C=O) groups excluding carboxylic acids is 1. The van der Waals surface area contributed by atoms with E-state index in [1.54, 1.807) is 12.1 Å². The van der Waals surface area contributed by atoms with E-state index in [1.807, 2.05) is 18.4 Å². The van der Waals surface area contributed by atoms with Gasteiger partial charge in [0.05, 0.1) is 0 Å². The van der Waals surface area contributed by atoms with Crippen LogP contribution in [0.3, 0.4) is 0 Å². The average Bonchev–Trinajstić information content (AvgIpc) is 2.94. The fourth-order valence-corrected chi connectivity index (χ4v) is 2.75. The summed E-state index contributed by atoms with van der Waals surface area (Å²) in [6.07, 6.45) is -0.688. The van der Waals surface area contributed by atoms with Gasteiger partial charge < -0.3 is 14.8 Å². The number of hydrogen-bond acceptors (Lipinski definition) is 4. The van der Waals surface area contributed by atoms with Crippen molar-refractivity contribution in [2.45, 2.75) is 13.0 Å². The first-order valence-corrected chi connectivity index (χ1v) is 7.01. The molecule has 0 aliphatic carbocycles. The minimum Gasteiger partial charge on any atom is -0.444 e. The maximum atomic E-state index is 11.7. The zero-order valence-electron chi connectivity index (χ0n) is 9.64. The summed E-state index contributed by atoms with van der Waals surface area (Å²) in [6.45, 7) is 2.10. The Morgan fingerprint density at radius 3 is 2.89 bits per heavy atom. The minimum absolute atomic E-state index is 0.165. The summed E-state index contributed by atoms with van der Waals surface area (Å²) in [6, 6.07) is 5.16. The van der Waals surface area contributed by atoms with E-state index >= 15 is 0 Å². The van der Waals surface area contributed by atoms with Gasteiger partial charge in [0.15, 0.2) is 10.4 Å². The Bertz CT molecular complexity index is 549. The van der Waals surface area contributed by atoms with Gasteiger partial charge in [-0.05, 0) is 52.0 Å². The van der Waals surface area contributed by atoms with Crippen molar-refractivity contribution >= 4 is 33.2 Å². The number of furan rings is 1. The number of thiophene rings is 1. The summed E-state index contributed by atoms with van der Waals surface area (Å²) in [4.78, 5) is 12.6. The van der Waals surface area contributed by atoms with Crippen LogP contribution >= 0.6 is 27.3 Å². The van der Waals surface area contributed by atoms with E-state index in [9.17, 15) is 9.90 Å². The third-order valence-corrected chi connectivity index (χ3v) is 4.00. The van der Waals surface area contributed by atoms with Crippen molar-refractivity contribution in [3.05, 3.63) is 44.4 Å². The molecule has 0 bridgehead atoms. The molecular formula is C12H12BrNO3S. The van der Waals surface area contributed by atoms with Gasteiger partial charge in [0, 0.05) is 11.4 Å². The van der Waals surface area contributed by atoms with E-state index in [0.717, 1.165) is 10.4 Å². The second-order valence-corrected chi connectivity index (χ2v) is 5.53. The molecule has 0 aromatic carbocycles. The lowest BCUT2D eigenvalue weighted by Crippen LogP contribution is -2.27. The van der Waals surface area contributed by atoms with E-state index < -0.39 is 6.10 Å². The van der Waals surface area contributed by atoms with Crippen molar-refractivity contribution in [2.24, 2.45) is 0 Å². The summed E-state index contributed by atoms with van der Waals surface area (Å²) >= 11 is 4.60. The molecule has 2 aromatic rings. The first kappa shape index (κ1) is 13.3. The summed E-state index contributed by atoms with van der Waals surface area (Å²) in [5.74, 6) is -0.120. The molecule has 0 radical (unpaired) electrons. The summed E-state index contributed by atoms with van der Waals surface area (Å²) < 4.78 is 5.62. The van der Waals surface area contributed by atoms with Gasteiger partial charge >= 0.3 is 0 Å². The van der Waals surface area contributed by atoms with Crippen LogP contribution in [0.25, 0.3) is 0 Å². The molecule has 2 N–H and O–H groups in total. The maximum absolute atomic E-state index is 11.7. The lowest BCUT2D eigenvalue weighted by atomic mass is 10.2. The molecule has 6 heteroatoms. The zero-order chi connectivity index (χ0) is 13.1. The van der Waals surface area contributed by atoms with Gasteiger partial charge in [-0.2, -0.15) is 0 Å². The topological polar surface area (TPSA) is 62.5 Å². The van der Waals surface area contributed by atoms with Gasteiger partial charge in [0.2, 0.25) is 0 Å². The zero-order valence-corrected chi connectivity index (χ0v) is 12.0. The van der Waals surface area contributed by atoms with Crippen LogP contribution in [0, 0.1) is 6.92 Å². The van der Waals surface area contributed by atoms with Crippen LogP contribution in [0.1, 0.15) is 27.1 Å². The van der Waals surface area contributed by atoms with Crippen molar-refractivity contribution in [2.75, 3.05) is 6.54 Å². The Kier molecular flexibility index (Phi) is 4.21. The first-order chi connectivity index (χ1) is 8.58.